The van der Waals surface area contributed by atoms with Crippen molar-refractivity contribution in [1.29, 1.82) is 0 Å². The quantitative estimate of drug-likeness (QED) is 0.317. The number of nitrogens with one attached hydrogen (secondary N) is 2. The molecule has 10 nitrogen and oxygen atoms in total. The Labute approximate surface area is 213 Å². The van der Waals surface area contributed by atoms with Crippen LogP contribution in [0.3, 0.4) is 0 Å². The number of aliphatic hydroxyl groups excluding tert-OH is 1. The minimum absolute atomic E-state index is 0.151. The van der Waals surface area contributed by atoms with Gasteiger partial charge in [-0.3, -0.25) is 4.98 Å². The first-order chi connectivity index (χ1) is 18.0. The summed E-state index contributed by atoms with van der Waals surface area (Å²) in [4.78, 5) is 19.7. The summed E-state index contributed by atoms with van der Waals surface area (Å²) in [6.07, 6.45) is 4.02. The lowest BCUT2D eigenvalue weighted by atomic mass is 10.1. The van der Waals surface area contributed by atoms with Crippen molar-refractivity contribution >= 4 is 6.09 Å². The summed E-state index contributed by atoms with van der Waals surface area (Å²) in [6.45, 7) is 3.81. The molecule has 1 aliphatic heterocycles. The van der Waals surface area contributed by atoms with Crippen molar-refractivity contribution in [2.75, 3.05) is 13.1 Å². The molecule has 3 N–H and O–H groups in total. The van der Waals surface area contributed by atoms with Gasteiger partial charge in [0.15, 0.2) is 5.76 Å². The van der Waals surface area contributed by atoms with Gasteiger partial charge in [0.25, 0.3) is 0 Å². The third kappa shape index (κ3) is 6.22. The van der Waals surface area contributed by atoms with Crippen LogP contribution < -0.4 is 10.6 Å². The van der Waals surface area contributed by atoms with Crippen molar-refractivity contribution in [3.05, 3.63) is 89.4 Å². The number of amides is 1. The number of hydrogen-bond acceptors (Lipinski definition) is 8. The van der Waals surface area contributed by atoms with Gasteiger partial charge in [0, 0.05) is 54.4 Å². The predicted octanol–water partition coefficient (Wildman–Crippen LogP) is 2.63. The highest BCUT2D eigenvalue weighted by atomic mass is 16.6. The molecule has 10 heteroatoms. The zero-order valence-electron chi connectivity index (χ0n) is 20.2. The van der Waals surface area contributed by atoms with E-state index in [1.165, 1.54) is 0 Å². The summed E-state index contributed by atoms with van der Waals surface area (Å²) < 4.78 is 12.4. The number of hydrogen-bond donors (Lipinski definition) is 3. The lowest BCUT2D eigenvalue weighted by Crippen LogP contribution is -2.29. The van der Waals surface area contributed by atoms with Gasteiger partial charge in [-0.1, -0.05) is 17.0 Å². The number of nitrogens with zero attached hydrogens (tertiary/aromatic N) is 4. The van der Waals surface area contributed by atoms with E-state index >= 15 is 0 Å². The SMILES string of the molecule is C[C@H](O)c1nccn1Cc1cc(-c2ccc(C#Cc3ccc(CNCC4CNC(=O)O4)nc3)cc2)on1. The molecule has 37 heavy (non-hydrogen) atoms. The number of benzene rings is 1. The Morgan fingerprint density at radius 1 is 1.16 bits per heavy atom. The van der Waals surface area contributed by atoms with Gasteiger partial charge in [0.05, 0.1) is 18.8 Å². The number of rotatable bonds is 8. The van der Waals surface area contributed by atoms with Crippen molar-refractivity contribution in [3.8, 4) is 23.2 Å². The van der Waals surface area contributed by atoms with Crippen LogP contribution in [-0.4, -0.2) is 50.1 Å². The fourth-order valence-electron chi connectivity index (χ4n) is 3.89. The Hall–Kier alpha value is -4.46. The molecule has 1 fully saturated rings. The summed E-state index contributed by atoms with van der Waals surface area (Å²) in [7, 11) is 0. The van der Waals surface area contributed by atoms with Gasteiger partial charge < -0.3 is 29.6 Å². The first-order valence-corrected chi connectivity index (χ1v) is 11.9. The lowest BCUT2D eigenvalue weighted by molar-refractivity contribution is 0.139. The number of cyclic esters (lactones) is 1. The number of aromatic nitrogens is 4. The van der Waals surface area contributed by atoms with Crippen molar-refractivity contribution in [2.45, 2.75) is 32.2 Å². The zero-order chi connectivity index (χ0) is 25.6. The molecule has 1 aromatic carbocycles. The second-order valence-electron chi connectivity index (χ2n) is 8.68. The summed E-state index contributed by atoms with van der Waals surface area (Å²) in [5.74, 6) is 7.53. The number of pyridine rings is 1. The second kappa shape index (κ2) is 11.1. The van der Waals surface area contributed by atoms with Gasteiger partial charge in [0.2, 0.25) is 0 Å². The molecule has 2 atom stereocenters. The number of alkyl carbamates (subject to hydrolysis) is 1. The zero-order valence-corrected chi connectivity index (χ0v) is 20.2. The Morgan fingerprint density at radius 2 is 1.97 bits per heavy atom. The first-order valence-electron chi connectivity index (χ1n) is 11.9. The minimum atomic E-state index is -0.658. The third-order valence-electron chi connectivity index (χ3n) is 5.78. The van der Waals surface area contributed by atoms with Gasteiger partial charge in [-0.25, -0.2) is 9.78 Å². The largest absolute Gasteiger partial charge is 0.443 e. The maximum Gasteiger partial charge on any atom is 0.407 e. The van der Waals surface area contributed by atoms with Gasteiger partial charge in [-0.2, -0.15) is 0 Å². The van der Waals surface area contributed by atoms with Crippen LogP contribution in [0.4, 0.5) is 4.79 Å². The van der Waals surface area contributed by atoms with Crippen molar-refractivity contribution in [3.63, 3.8) is 0 Å². The Balaban J connectivity index is 1.15. The highest BCUT2D eigenvalue weighted by Crippen LogP contribution is 2.22. The molecule has 188 valence electrons. The van der Waals surface area contributed by atoms with Crippen molar-refractivity contribution in [1.82, 2.24) is 30.3 Å². The van der Waals surface area contributed by atoms with Crippen LogP contribution in [0.1, 0.15) is 41.4 Å². The highest BCUT2D eigenvalue weighted by molar-refractivity contribution is 5.69. The van der Waals surface area contributed by atoms with Crippen LogP contribution in [0.25, 0.3) is 11.3 Å². The minimum Gasteiger partial charge on any atom is -0.443 e. The maximum atomic E-state index is 11.0. The molecule has 0 aliphatic carbocycles. The molecule has 0 spiro atoms. The van der Waals surface area contributed by atoms with Gasteiger partial charge in [-0.15, -0.1) is 0 Å². The average molecular weight is 499 g/mol. The molecule has 1 aliphatic rings. The molecule has 4 aromatic rings. The van der Waals surface area contributed by atoms with Crippen LogP contribution in [0, 0.1) is 11.8 Å². The number of aliphatic hydroxyl groups is 1. The molecule has 0 saturated carbocycles. The van der Waals surface area contributed by atoms with E-state index in [0.717, 1.165) is 28.1 Å². The topological polar surface area (TPSA) is 127 Å². The lowest BCUT2D eigenvalue weighted by Gasteiger charge is -2.08. The summed E-state index contributed by atoms with van der Waals surface area (Å²) >= 11 is 0. The fourth-order valence-corrected chi connectivity index (χ4v) is 3.89. The predicted molar refractivity (Wildman–Crippen MR) is 134 cm³/mol. The average Bonchev–Trinajstić information content (AvgIpc) is 3.66. The van der Waals surface area contributed by atoms with Crippen LogP contribution in [0.15, 0.2) is 65.6 Å². The van der Waals surface area contributed by atoms with Gasteiger partial charge >= 0.3 is 6.09 Å². The second-order valence-corrected chi connectivity index (χ2v) is 8.68. The number of carbonyl (C=O) groups is 1. The van der Waals surface area contributed by atoms with E-state index in [1.807, 2.05) is 47.0 Å². The van der Waals surface area contributed by atoms with E-state index < -0.39 is 6.10 Å². The molecule has 3 aromatic heterocycles. The van der Waals surface area contributed by atoms with Gasteiger partial charge in [0.1, 0.15) is 23.7 Å². The standard InChI is InChI=1S/C27H26N6O4/c1-18(34)26-29-10-11-33(26)17-23-12-25(37-32-23)21-7-4-19(5-8-21)2-3-20-6-9-22(30-13-20)14-28-15-24-16-31-27(35)36-24/h4-13,18,24,28,34H,14-17H2,1H3,(H,31,35)/t18-,24?/m0/s1. The molecular weight excluding hydrogens is 472 g/mol. The molecule has 5 rings (SSSR count). The number of ether oxygens (including phenoxy) is 1. The molecule has 4 heterocycles. The number of carbonyl (C=O) groups excluding carboxylic acids is 1. The molecule has 1 amide bonds. The Bertz CT molecular complexity index is 1410. The van der Waals surface area contributed by atoms with Crippen LogP contribution >= 0.6 is 0 Å². The summed E-state index contributed by atoms with van der Waals surface area (Å²) in [5, 5.41) is 19.8. The van der Waals surface area contributed by atoms with Crippen LogP contribution in [0.5, 0.6) is 0 Å². The van der Waals surface area contributed by atoms with E-state index in [9.17, 15) is 9.90 Å². The number of imidazole rings is 1. The molecule has 0 bridgehead atoms. The summed E-state index contributed by atoms with van der Waals surface area (Å²) in [6, 6.07) is 13.5. The Kier molecular flexibility index (Phi) is 7.26. The smallest absolute Gasteiger partial charge is 0.407 e. The molecule has 1 unspecified atom stereocenters. The van der Waals surface area contributed by atoms with Gasteiger partial charge in [-0.05, 0) is 43.3 Å². The Morgan fingerprint density at radius 3 is 2.70 bits per heavy atom. The van der Waals surface area contributed by atoms with Crippen LogP contribution in [0.2, 0.25) is 0 Å². The van der Waals surface area contributed by atoms with Crippen molar-refractivity contribution in [2.24, 2.45) is 0 Å². The molecular formula is C27H26N6O4. The monoisotopic (exact) mass is 498 g/mol. The first kappa shape index (κ1) is 24.2. The van der Waals surface area contributed by atoms with E-state index in [0.29, 0.717) is 37.8 Å². The maximum absolute atomic E-state index is 11.0. The molecule has 1 saturated heterocycles. The third-order valence-corrected chi connectivity index (χ3v) is 5.78. The van der Waals surface area contributed by atoms with E-state index in [-0.39, 0.29) is 12.2 Å². The van der Waals surface area contributed by atoms with E-state index in [2.05, 4.69) is 37.6 Å². The van der Waals surface area contributed by atoms with E-state index in [4.69, 9.17) is 9.26 Å². The highest BCUT2D eigenvalue weighted by Gasteiger charge is 2.21. The summed E-state index contributed by atoms with van der Waals surface area (Å²) in [5.41, 5.74) is 4.21. The van der Waals surface area contributed by atoms with Crippen LogP contribution in [-0.2, 0) is 17.8 Å². The normalized spacial score (nSPS) is 15.5. The fraction of sp³-hybridized carbons (Fsp3) is 0.259. The van der Waals surface area contributed by atoms with Crippen molar-refractivity contribution < 1.29 is 19.2 Å². The molecule has 0 radical (unpaired) electrons. The van der Waals surface area contributed by atoms with E-state index in [1.54, 1.807) is 25.5 Å².